The number of rotatable bonds is 8. The average molecular weight is 277 g/mol. The van der Waals surface area contributed by atoms with Gasteiger partial charge < -0.3 is 14.8 Å². The van der Waals surface area contributed by atoms with E-state index < -0.39 is 0 Å². The largest absolute Gasteiger partial charge is 0.492 e. The van der Waals surface area contributed by atoms with Gasteiger partial charge in [-0.2, -0.15) is 0 Å². The molecule has 0 aromatic heterocycles. The summed E-state index contributed by atoms with van der Waals surface area (Å²) in [6.45, 7) is 7.45. The number of esters is 1. The molecular formula is C16H23NO3. The minimum atomic E-state index is -0.308. The molecule has 0 aliphatic rings. The number of nitrogens with one attached hydrogen (secondary N) is 1. The van der Waals surface area contributed by atoms with Gasteiger partial charge in [0.1, 0.15) is 12.4 Å². The Balaban J connectivity index is 2.18. The highest BCUT2D eigenvalue weighted by Gasteiger charge is 2.01. The first kappa shape index (κ1) is 16.2. The summed E-state index contributed by atoms with van der Waals surface area (Å²) in [5.41, 5.74) is 1.22. The summed E-state index contributed by atoms with van der Waals surface area (Å²) in [4.78, 5) is 11.1. The van der Waals surface area contributed by atoms with Crippen molar-refractivity contribution in [3.63, 3.8) is 0 Å². The van der Waals surface area contributed by atoms with Gasteiger partial charge in [-0.25, -0.2) is 4.79 Å². The fourth-order valence-electron chi connectivity index (χ4n) is 1.53. The Morgan fingerprint density at radius 3 is 2.70 bits per heavy atom. The molecule has 1 unspecified atom stereocenters. The normalized spacial score (nSPS) is 12.3. The smallest absolute Gasteiger partial charge is 0.330 e. The predicted octanol–water partition coefficient (Wildman–Crippen LogP) is 2.47. The van der Waals surface area contributed by atoms with E-state index >= 15 is 0 Å². The summed E-state index contributed by atoms with van der Waals surface area (Å²) in [6, 6.07) is 8.17. The second-order valence-corrected chi connectivity index (χ2v) is 4.59. The molecule has 0 amide bonds. The maximum Gasteiger partial charge on any atom is 0.330 e. The molecule has 0 aliphatic heterocycles. The molecule has 1 rings (SSSR count). The molecule has 0 radical (unpaired) electrons. The Bertz CT molecular complexity index is 426. The molecule has 4 nitrogen and oxygen atoms in total. The zero-order valence-corrected chi connectivity index (χ0v) is 12.4. The summed E-state index contributed by atoms with van der Waals surface area (Å²) < 4.78 is 10.4. The molecule has 20 heavy (non-hydrogen) atoms. The zero-order valence-electron chi connectivity index (χ0n) is 12.4. The first-order chi connectivity index (χ1) is 9.61. The van der Waals surface area contributed by atoms with Gasteiger partial charge in [-0.15, -0.1) is 0 Å². The van der Waals surface area contributed by atoms with Crippen LogP contribution in [-0.4, -0.2) is 31.8 Å². The molecule has 110 valence electrons. The Hall–Kier alpha value is -1.81. The topological polar surface area (TPSA) is 47.6 Å². The van der Waals surface area contributed by atoms with Gasteiger partial charge in [-0.3, -0.25) is 0 Å². The molecule has 1 atom stereocenters. The van der Waals surface area contributed by atoms with E-state index in [0.29, 0.717) is 19.8 Å². The number of hydrogen-bond acceptors (Lipinski definition) is 4. The Morgan fingerprint density at radius 1 is 1.35 bits per heavy atom. The molecule has 0 saturated heterocycles. The van der Waals surface area contributed by atoms with E-state index in [4.69, 9.17) is 9.47 Å². The van der Waals surface area contributed by atoms with E-state index in [1.165, 1.54) is 11.6 Å². The van der Waals surface area contributed by atoms with Crippen molar-refractivity contribution in [3.8, 4) is 5.75 Å². The Morgan fingerprint density at radius 2 is 2.05 bits per heavy atom. The van der Waals surface area contributed by atoms with Crippen molar-refractivity contribution in [2.45, 2.75) is 26.8 Å². The molecule has 0 saturated carbocycles. The van der Waals surface area contributed by atoms with Gasteiger partial charge in [0.15, 0.2) is 0 Å². The SMILES string of the molecule is CCOC(=O)/C=C/CNC(C)COc1ccc(C)cc1. The van der Waals surface area contributed by atoms with Crippen LogP contribution in [-0.2, 0) is 9.53 Å². The Labute approximate surface area is 120 Å². The quantitative estimate of drug-likeness (QED) is 0.586. The predicted molar refractivity (Wildman–Crippen MR) is 79.9 cm³/mol. The highest BCUT2D eigenvalue weighted by molar-refractivity contribution is 5.81. The summed E-state index contributed by atoms with van der Waals surface area (Å²) in [7, 11) is 0. The van der Waals surface area contributed by atoms with Gasteiger partial charge in [0.05, 0.1) is 6.61 Å². The highest BCUT2D eigenvalue weighted by atomic mass is 16.5. The number of carbonyl (C=O) groups is 1. The number of benzene rings is 1. The maximum absolute atomic E-state index is 11.1. The molecule has 0 bridgehead atoms. The standard InChI is InChI=1S/C16H23NO3/c1-4-19-16(18)6-5-11-17-14(3)12-20-15-9-7-13(2)8-10-15/h5-10,14,17H,4,11-12H2,1-3H3/b6-5+. The van der Waals surface area contributed by atoms with Crippen LogP contribution in [0.15, 0.2) is 36.4 Å². The molecule has 1 aromatic carbocycles. The van der Waals surface area contributed by atoms with Crippen LogP contribution in [0.3, 0.4) is 0 Å². The third-order valence-electron chi connectivity index (χ3n) is 2.65. The van der Waals surface area contributed by atoms with Crippen molar-refractivity contribution in [1.29, 1.82) is 0 Å². The molecule has 1 N–H and O–H groups in total. The third-order valence-corrected chi connectivity index (χ3v) is 2.65. The van der Waals surface area contributed by atoms with Crippen LogP contribution < -0.4 is 10.1 Å². The molecule has 0 aliphatic carbocycles. The fourth-order valence-corrected chi connectivity index (χ4v) is 1.53. The number of ether oxygens (including phenoxy) is 2. The highest BCUT2D eigenvalue weighted by Crippen LogP contribution is 2.11. The minimum absolute atomic E-state index is 0.197. The van der Waals surface area contributed by atoms with Crippen LogP contribution in [0.5, 0.6) is 5.75 Å². The molecular weight excluding hydrogens is 254 g/mol. The van der Waals surface area contributed by atoms with Gasteiger partial charge in [0, 0.05) is 18.7 Å². The molecule has 0 spiro atoms. The first-order valence-corrected chi connectivity index (χ1v) is 6.88. The monoisotopic (exact) mass is 277 g/mol. The number of aryl methyl sites for hydroxylation is 1. The first-order valence-electron chi connectivity index (χ1n) is 6.88. The van der Waals surface area contributed by atoms with Gasteiger partial charge in [-0.1, -0.05) is 23.8 Å². The lowest BCUT2D eigenvalue weighted by molar-refractivity contribution is -0.137. The van der Waals surface area contributed by atoms with Crippen molar-refractivity contribution in [3.05, 3.63) is 42.0 Å². The molecule has 4 heteroatoms. The third kappa shape index (κ3) is 6.95. The van der Waals surface area contributed by atoms with E-state index in [1.54, 1.807) is 13.0 Å². The fraction of sp³-hybridized carbons (Fsp3) is 0.438. The lowest BCUT2D eigenvalue weighted by Crippen LogP contribution is -2.31. The van der Waals surface area contributed by atoms with Crippen LogP contribution in [0.2, 0.25) is 0 Å². The van der Waals surface area contributed by atoms with Crippen molar-refractivity contribution in [1.82, 2.24) is 5.32 Å². The van der Waals surface area contributed by atoms with Gasteiger partial charge in [0.2, 0.25) is 0 Å². The molecule has 0 heterocycles. The van der Waals surface area contributed by atoms with Crippen LogP contribution in [0, 0.1) is 6.92 Å². The Kier molecular flexibility index (Phi) is 7.43. The molecule has 1 aromatic rings. The average Bonchev–Trinajstić information content (AvgIpc) is 2.43. The van der Waals surface area contributed by atoms with E-state index in [0.717, 1.165) is 5.75 Å². The number of hydrogen-bond donors (Lipinski definition) is 1. The van der Waals surface area contributed by atoms with Crippen LogP contribution in [0.1, 0.15) is 19.4 Å². The van der Waals surface area contributed by atoms with Crippen LogP contribution >= 0.6 is 0 Å². The lowest BCUT2D eigenvalue weighted by Gasteiger charge is -2.13. The maximum atomic E-state index is 11.1. The van der Waals surface area contributed by atoms with Crippen LogP contribution in [0.4, 0.5) is 0 Å². The molecule has 0 fully saturated rings. The van der Waals surface area contributed by atoms with Crippen LogP contribution in [0.25, 0.3) is 0 Å². The zero-order chi connectivity index (χ0) is 14.8. The van der Waals surface area contributed by atoms with Crippen molar-refractivity contribution >= 4 is 5.97 Å². The van der Waals surface area contributed by atoms with E-state index in [1.807, 2.05) is 38.1 Å². The van der Waals surface area contributed by atoms with Gasteiger partial charge in [0.25, 0.3) is 0 Å². The van der Waals surface area contributed by atoms with Gasteiger partial charge in [-0.05, 0) is 32.9 Å². The summed E-state index contributed by atoms with van der Waals surface area (Å²) in [5, 5.41) is 3.24. The minimum Gasteiger partial charge on any atom is -0.492 e. The van der Waals surface area contributed by atoms with E-state index in [-0.39, 0.29) is 12.0 Å². The second-order valence-electron chi connectivity index (χ2n) is 4.59. The van der Waals surface area contributed by atoms with Crippen molar-refractivity contribution < 1.29 is 14.3 Å². The second kappa shape index (κ2) is 9.15. The summed E-state index contributed by atoms with van der Waals surface area (Å²) in [5.74, 6) is 0.559. The summed E-state index contributed by atoms with van der Waals surface area (Å²) >= 11 is 0. The van der Waals surface area contributed by atoms with E-state index in [9.17, 15) is 4.79 Å². The van der Waals surface area contributed by atoms with E-state index in [2.05, 4.69) is 5.32 Å². The summed E-state index contributed by atoms with van der Waals surface area (Å²) in [6.07, 6.45) is 3.18. The van der Waals surface area contributed by atoms with Gasteiger partial charge >= 0.3 is 5.97 Å². The van der Waals surface area contributed by atoms with Crippen molar-refractivity contribution in [2.24, 2.45) is 0 Å². The lowest BCUT2D eigenvalue weighted by atomic mass is 10.2. The number of carbonyl (C=O) groups excluding carboxylic acids is 1. The van der Waals surface area contributed by atoms with Crippen molar-refractivity contribution in [2.75, 3.05) is 19.8 Å².